The molecule has 0 heterocycles. The molecule has 1 heteroatoms. The summed E-state index contributed by atoms with van der Waals surface area (Å²) in [7, 11) is 1.77. The van der Waals surface area contributed by atoms with Crippen molar-refractivity contribution in [3.8, 4) is 0 Å². The Hall–Kier alpha value is -0.850. The van der Waals surface area contributed by atoms with Gasteiger partial charge in [0, 0.05) is 19.7 Å². The van der Waals surface area contributed by atoms with E-state index in [-0.39, 0.29) is 0 Å². The number of aliphatic imine (C=N–C) groups is 1. The maximum absolute atomic E-state index is 3.83. The predicted octanol–water partition coefficient (Wildman–Crippen LogP) is 2.21. The van der Waals surface area contributed by atoms with Gasteiger partial charge in [-0.3, -0.25) is 0 Å². The van der Waals surface area contributed by atoms with Crippen LogP contribution in [0.25, 0.3) is 0 Å². The summed E-state index contributed by atoms with van der Waals surface area (Å²) in [6.45, 7) is 5.69. The van der Waals surface area contributed by atoms with Crippen LogP contribution in [0.5, 0.6) is 0 Å². The van der Waals surface area contributed by atoms with E-state index >= 15 is 0 Å². The lowest BCUT2D eigenvalue weighted by Crippen LogP contribution is -1.68. The van der Waals surface area contributed by atoms with Gasteiger partial charge in [-0.1, -0.05) is 24.3 Å². The molecule has 0 rings (SSSR count). The van der Waals surface area contributed by atoms with Crippen LogP contribution >= 0.6 is 0 Å². The number of rotatable bonds is 3. The average Bonchev–Trinajstić information content (AvgIpc) is 1.80. The molecule has 0 saturated heterocycles. The van der Waals surface area contributed by atoms with E-state index in [9.17, 15) is 0 Å². The third-order valence-corrected chi connectivity index (χ3v) is 0.826. The minimum Gasteiger partial charge on any atom is -0.301 e. The van der Waals surface area contributed by atoms with Gasteiger partial charge in [-0.2, -0.15) is 0 Å². The van der Waals surface area contributed by atoms with Crippen molar-refractivity contribution in [1.82, 2.24) is 0 Å². The van der Waals surface area contributed by atoms with Crippen molar-refractivity contribution in [3.05, 3.63) is 24.3 Å². The summed E-state index contributed by atoms with van der Waals surface area (Å²) in [6.07, 6.45) is 6.79. The van der Waals surface area contributed by atoms with E-state index < -0.39 is 0 Å². The molecule has 0 aromatic carbocycles. The van der Waals surface area contributed by atoms with Crippen LogP contribution in [-0.4, -0.2) is 13.3 Å². The van der Waals surface area contributed by atoms with Gasteiger partial charge in [-0.25, -0.2) is 0 Å². The van der Waals surface area contributed by atoms with Gasteiger partial charge in [0.25, 0.3) is 0 Å². The monoisotopic (exact) mass is 123 g/mol. The first-order valence-electron chi connectivity index (χ1n) is 3.00. The lowest BCUT2D eigenvalue weighted by atomic mass is 10.3. The molecule has 0 saturated carbocycles. The quantitative estimate of drug-likeness (QED) is 0.403. The van der Waals surface area contributed by atoms with E-state index in [1.807, 2.05) is 25.3 Å². The molecule has 0 radical (unpaired) electrons. The number of nitrogens with zero attached hydrogens (tertiary/aromatic N) is 1. The summed E-state index contributed by atoms with van der Waals surface area (Å²) in [5.41, 5.74) is 1.08. The molecule has 0 aromatic rings. The lowest BCUT2D eigenvalue weighted by Gasteiger charge is -1.81. The van der Waals surface area contributed by atoms with Gasteiger partial charge in [-0.05, 0) is 6.92 Å². The van der Waals surface area contributed by atoms with E-state index in [0.717, 1.165) is 12.0 Å². The zero-order valence-corrected chi connectivity index (χ0v) is 6.09. The molecule has 9 heavy (non-hydrogen) atoms. The molecular formula is C8H13N. The Balaban J connectivity index is 3.36. The summed E-state index contributed by atoms with van der Waals surface area (Å²) in [4.78, 5) is 3.83. The Morgan fingerprint density at radius 1 is 1.67 bits per heavy atom. The van der Waals surface area contributed by atoms with Crippen LogP contribution < -0.4 is 0 Å². The average molecular weight is 123 g/mol. The summed E-state index contributed by atoms with van der Waals surface area (Å²) >= 11 is 0. The lowest BCUT2D eigenvalue weighted by molar-refractivity contribution is 1.39. The van der Waals surface area contributed by atoms with Crippen LogP contribution in [0.3, 0.4) is 0 Å². The molecule has 0 fully saturated rings. The minimum atomic E-state index is 0.906. The highest BCUT2D eigenvalue weighted by atomic mass is 14.6. The molecule has 0 aliphatic heterocycles. The Morgan fingerprint density at radius 3 is 2.78 bits per heavy atom. The van der Waals surface area contributed by atoms with Crippen molar-refractivity contribution in [1.29, 1.82) is 0 Å². The van der Waals surface area contributed by atoms with Gasteiger partial charge < -0.3 is 4.99 Å². The molecule has 0 aromatic heterocycles. The van der Waals surface area contributed by atoms with Crippen molar-refractivity contribution in [2.45, 2.75) is 13.3 Å². The predicted molar refractivity (Wildman–Crippen MR) is 43.0 cm³/mol. The Kier molecular flexibility index (Phi) is 4.79. The summed E-state index contributed by atoms with van der Waals surface area (Å²) in [6, 6.07) is 0. The second-order valence-electron chi connectivity index (χ2n) is 1.93. The fraction of sp³-hybridized carbons (Fsp3) is 0.375. The van der Waals surface area contributed by atoms with E-state index in [0.29, 0.717) is 0 Å². The van der Waals surface area contributed by atoms with Gasteiger partial charge in [0.1, 0.15) is 0 Å². The van der Waals surface area contributed by atoms with Crippen molar-refractivity contribution in [3.63, 3.8) is 0 Å². The first-order valence-corrected chi connectivity index (χ1v) is 3.00. The Labute approximate surface area is 56.8 Å². The summed E-state index contributed by atoms with van der Waals surface area (Å²) in [5.74, 6) is 0. The van der Waals surface area contributed by atoms with Crippen LogP contribution in [0, 0.1) is 0 Å². The Bertz CT molecular complexity index is 132. The first kappa shape index (κ1) is 8.15. The highest BCUT2D eigenvalue weighted by Gasteiger charge is 1.71. The van der Waals surface area contributed by atoms with E-state index in [1.54, 1.807) is 7.05 Å². The van der Waals surface area contributed by atoms with Crippen molar-refractivity contribution >= 4 is 6.21 Å². The van der Waals surface area contributed by atoms with Crippen molar-refractivity contribution in [2.24, 2.45) is 4.99 Å². The van der Waals surface area contributed by atoms with Gasteiger partial charge in [0.2, 0.25) is 0 Å². The fourth-order valence-electron chi connectivity index (χ4n) is 0.435. The van der Waals surface area contributed by atoms with Crippen molar-refractivity contribution in [2.75, 3.05) is 7.05 Å². The molecule has 0 unspecified atom stereocenters. The van der Waals surface area contributed by atoms with E-state index in [1.165, 1.54) is 0 Å². The smallest absolute Gasteiger partial charge is 0.0273 e. The third-order valence-electron chi connectivity index (χ3n) is 0.826. The second-order valence-corrected chi connectivity index (χ2v) is 1.93. The second kappa shape index (κ2) is 5.29. The SMILES string of the molecule is C=C(C)/C=C/CC=NC. The number of hydrogen-bond acceptors (Lipinski definition) is 1. The molecule has 1 nitrogen and oxygen atoms in total. The molecule has 0 bridgehead atoms. The van der Waals surface area contributed by atoms with Crippen LogP contribution in [0.4, 0.5) is 0 Å². The van der Waals surface area contributed by atoms with Crippen molar-refractivity contribution < 1.29 is 0 Å². The van der Waals surface area contributed by atoms with E-state index in [2.05, 4.69) is 11.6 Å². The van der Waals surface area contributed by atoms with Gasteiger partial charge in [0.15, 0.2) is 0 Å². The van der Waals surface area contributed by atoms with Crippen LogP contribution in [-0.2, 0) is 0 Å². The normalized spacial score (nSPS) is 11.3. The molecule has 0 atom stereocenters. The molecule has 0 amide bonds. The fourth-order valence-corrected chi connectivity index (χ4v) is 0.435. The van der Waals surface area contributed by atoms with Crippen LogP contribution in [0.15, 0.2) is 29.3 Å². The van der Waals surface area contributed by atoms with E-state index in [4.69, 9.17) is 0 Å². The molecule has 0 aliphatic rings. The molecule has 0 aliphatic carbocycles. The maximum Gasteiger partial charge on any atom is 0.0273 e. The first-order chi connectivity index (χ1) is 4.27. The van der Waals surface area contributed by atoms with Gasteiger partial charge >= 0.3 is 0 Å². The summed E-state index contributed by atoms with van der Waals surface area (Å²) < 4.78 is 0. The van der Waals surface area contributed by atoms with Gasteiger partial charge in [0.05, 0.1) is 0 Å². The molecule has 0 N–H and O–H groups in total. The van der Waals surface area contributed by atoms with Crippen LogP contribution in [0.1, 0.15) is 13.3 Å². The zero-order valence-electron chi connectivity index (χ0n) is 6.09. The topological polar surface area (TPSA) is 12.4 Å². The highest BCUT2D eigenvalue weighted by molar-refractivity contribution is 5.59. The van der Waals surface area contributed by atoms with Gasteiger partial charge in [-0.15, -0.1) is 0 Å². The number of hydrogen-bond donors (Lipinski definition) is 0. The zero-order chi connectivity index (χ0) is 7.11. The Morgan fingerprint density at radius 2 is 2.33 bits per heavy atom. The standard InChI is InChI=1S/C8H13N/c1-8(2)6-4-5-7-9-3/h4,6-7H,1,5H2,2-3H3/b6-4+,9-7?. The summed E-state index contributed by atoms with van der Waals surface area (Å²) in [5, 5.41) is 0. The maximum atomic E-state index is 3.83. The highest BCUT2D eigenvalue weighted by Crippen LogP contribution is 1.89. The molecular weight excluding hydrogens is 110 g/mol. The molecule has 50 valence electrons. The number of allylic oxidation sites excluding steroid dienone is 3. The molecule has 0 spiro atoms. The minimum absolute atomic E-state index is 0.906. The third kappa shape index (κ3) is 7.15. The largest absolute Gasteiger partial charge is 0.301 e. The van der Waals surface area contributed by atoms with Crippen LogP contribution in [0.2, 0.25) is 0 Å².